The lowest BCUT2D eigenvalue weighted by Crippen LogP contribution is -2.32. The number of rotatable bonds is 8. The van der Waals surface area contributed by atoms with Gasteiger partial charge in [0.15, 0.2) is 13.2 Å². The molecule has 0 atom stereocenters. The van der Waals surface area contributed by atoms with Gasteiger partial charge in [0.05, 0.1) is 15.6 Å². The van der Waals surface area contributed by atoms with Crippen LogP contribution >= 0.6 is 11.6 Å². The maximum atomic E-state index is 13.0. The number of benzene rings is 2. The molecule has 1 fully saturated rings. The fraction of sp³-hybridized carbons (Fsp3) is 0.364. The van der Waals surface area contributed by atoms with Crippen LogP contribution in [0.1, 0.15) is 25.7 Å². The third-order valence-corrected chi connectivity index (χ3v) is 7.17. The van der Waals surface area contributed by atoms with Crippen LogP contribution in [0, 0.1) is 5.82 Å². The first kappa shape index (κ1) is 24.9. The van der Waals surface area contributed by atoms with Crippen LogP contribution in [-0.4, -0.2) is 50.9 Å². The first-order valence-electron chi connectivity index (χ1n) is 10.4. The van der Waals surface area contributed by atoms with Crippen molar-refractivity contribution < 1.29 is 31.9 Å². The van der Waals surface area contributed by atoms with E-state index in [4.69, 9.17) is 21.1 Å². The van der Waals surface area contributed by atoms with Crippen LogP contribution in [0.15, 0.2) is 47.4 Å². The average molecular weight is 499 g/mol. The highest BCUT2D eigenvalue weighted by atomic mass is 35.5. The minimum atomic E-state index is -3.72. The Morgan fingerprint density at radius 1 is 1.00 bits per heavy atom. The lowest BCUT2D eigenvalue weighted by Gasteiger charge is -2.20. The van der Waals surface area contributed by atoms with E-state index in [1.54, 1.807) is 0 Å². The maximum absolute atomic E-state index is 13.0. The minimum Gasteiger partial charge on any atom is -0.482 e. The Balaban J connectivity index is 1.55. The normalized spacial score (nSPS) is 14.8. The Labute approximate surface area is 196 Å². The SMILES string of the molecule is O=C(COC(=O)COc1ccc(F)cc1)Nc1cc(S(=O)(=O)N2CCCCCC2)ccc1Cl. The molecule has 8 nitrogen and oxygen atoms in total. The Kier molecular flexibility index (Phi) is 8.65. The van der Waals surface area contributed by atoms with E-state index in [9.17, 15) is 22.4 Å². The number of nitrogens with zero attached hydrogens (tertiary/aromatic N) is 1. The Morgan fingerprint density at radius 2 is 1.67 bits per heavy atom. The zero-order valence-corrected chi connectivity index (χ0v) is 19.3. The largest absolute Gasteiger partial charge is 0.482 e. The van der Waals surface area contributed by atoms with Crippen molar-refractivity contribution in [1.82, 2.24) is 4.31 Å². The molecule has 0 unspecified atom stereocenters. The second kappa shape index (κ2) is 11.4. The number of esters is 1. The lowest BCUT2D eigenvalue weighted by atomic mass is 10.2. The molecule has 3 rings (SSSR count). The molecule has 0 bridgehead atoms. The summed E-state index contributed by atoms with van der Waals surface area (Å²) in [5.41, 5.74) is 0.0937. The van der Waals surface area contributed by atoms with Gasteiger partial charge in [0, 0.05) is 13.1 Å². The van der Waals surface area contributed by atoms with Crippen molar-refractivity contribution in [2.45, 2.75) is 30.6 Å². The topological polar surface area (TPSA) is 102 Å². The third kappa shape index (κ3) is 7.15. The number of ether oxygens (including phenoxy) is 2. The average Bonchev–Trinajstić information content (AvgIpc) is 3.09. The van der Waals surface area contributed by atoms with E-state index in [1.165, 1.54) is 46.8 Å². The zero-order valence-electron chi connectivity index (χ0n) is 17.8. The van der Waals surface area contributed by atoms with Crippen LogP contribution in [0.25, 0.3) is 0 Å². The fourth-order valence-electron chi connectivity index (χ4n) is 3.24. The number of carbonyl (C=O) groups excluding carboxylic acids is 2. The van der Waals surface area contributed by atoms with Gasteiger partial charge in [-0.3, -0.25) is 4.79 Å². The molecule has 11 heteroatoms. The van der Waals surface area contributed by atoms with Crippen molar-refractivity contribution in [3.8, 4) is 5.75 Å². The summed E-state index contributed by atoms with van der Waals surface area (Å²) >= 11 is 6.12. The number of nitrogens with one attached hydrogen (secondary N) is 1. The number of halogens is 2. The molecule has 1 aliphatic heterocycles. The van der Waals surface area contributed by atoms with Gasteiger partial charge in [-0.1, -0.05) is 24.4 Å². The van der Waals surface area contributed by atoms with E-state index in [2.05, 4.69) is 5.32 Å². The van der Waals surface area contributed by atoms with Gasteiger partial charge in [-0.05, 0) is 55.3 Å². The quantitative estimate of drug-likeness (QED) is 0.558. The molecule has 33 heavy (non-hydrogen) atoms. The number of carbonyl (C=O) groups is 2. The summed E-state index contributed by atoms with van der Waals surface area (Å²) in [4.78, 5) is 24.0. The maximum Gasteiger partial charge on any atom is 0.344 e. The van der Waals surface area contributed by atoms with Crippen LogP contribution in [-0.2, 0) is 24.3 Å². The molecule has 0 aliphatic carbocycles. The Hall–Kier alpha value is -2.69. The molecular formula is C22H24ClFN2O6S. The van der Waals surface area contributed by atoms with E-state index in [0.29, 0.717) is 13.1 Å². The highest BCUT2D eigenvalue weighted by Gasteiger charge is 2.26. The van der Waals surface area contributed by atoms with Gasteiger partial charge in [-0.2, -0.15) is 4.31 Å². The van der Waals surface area contributed by atoms with Crippen LogP contribution in [0.3, 0.4) is 0 Å². The van der Waals surface area contributed by atoms with Crippen molar-refractivity contribution in [3.63, 3.8) is 0 Å². The van der Waals surface area contributed by atoms with Gasteiger partial charge in [-0.15, -0.1) is 0 Å². The first-order chi connectivity index (χ1) is 15.8. The molecule has 0 spiro atoms. The summed E-state index contributed by atoms with van der Waals surface area (Å²) < 4.78 is 50.3. The summed E-state index contributed by atoms with van der Waals surface area (Å²) in [6.45, 7) is -0.195. The highest BCUT2D eigenvalue weighted by molar-refractivity contribution is 7.89. The van der Waals surface area contributed by atoms with Crippen LogP contribution < -0.4 is 10.1 Å². The molecule has 0 saturated carbocycles. The Bertz CT molecular complexity index is 1090. The van der Waals surface area contributed by atoms with Gasteiger partial charge in [0.2, 0.25) is 10.0 Å². The van der Waals surface area contributed by atoms with E-state index >= 15 is 0 Å². The first-order valence-corrected chi connectivity index (χ1v) is 12.2. The van der Waals surface area contributed by atoms with Crippen molar-refractivity contribution >= 4 is 39.2 Å². The molecule has 1 aliphatic rings. The van der Waals surface area contributed by atoms with Gasteiger partial charge in [0.25, 0.3) is 5.91 Å². The third-order valence-electron chi connectivity index (χ3n) is 4.95. The van der Waals surface area contributed by atoms with Crippen LogP contribution in [0.4, 0.5) is 10.1 Å². The standard InChI is InChI=1S/C22H24ClFN2O6S/c23-19-10-9-18(33(29,30)26-11-3-1-2-4-12-26)13-20(19)25-21(27)14-32-22(28)15-31-17-7-5-16(24)6-8-17/h5-10,13H,1-4,11-12,14-15H2,(H,25,27). The predicted molar refractivity (Wildman–Crippen MR) is 120 cm³/mol. The summed E-state index contributed by atoms with van der Waals surface area (Å²) in [5.74, 6) is -1.68. The second-order valence-corrected chi connectivity index (χ2v) is 9.76. The van der Waals surface area contributed by atoms with E-state index in [-0.39, 0.29) is 21.4 Å². The smallest absolute Gasteiger partial charge is 0.344 e. The second-order valence-electron chi connectivity index (χ2n) is 7.41. The fourth-order valence-corrected chi connectivity index (χ4v) is 4.95. The lowest BCUT2D eigenvalue weighted by molar-refractivity contribution is -0.149. The molecule has 2 aromatic rings. The molecule has 0 aromatic heterocycles. The van der Waals surface area contributed by atoms with Crippen molar-refractivity contribution in [2.75, 3.05) is 31.6 Å². The summed E-state index contributed by atoms with van der Waals surface area (Å²) in [6.07, 6.45) is 3.57. The molecule has 1 saturated heterocycles. The van der Waals surface area contributed by atoms with Crippen molar-refractivity contribution in [2.24, 2.45) is 0 Å². The molecule has 2 aromatic carbocycles. The van der Waals surface area contributed by atoms with Crippen molar-refractivity contribution in [3.05, 3.63) is 53.3 Å². The molecule has 1 heterocycles. The number of hydrogen-bond donors (Lipinski definition) is 1. The van der Waals surface area contributed by atoms with Gasteiger partial charge in [-0.25, -0.2) is 17.6 Å². The minimum absolute atomic E-state index is 0.0220. The molecule has 178 valence electrons. The Morgan fingerprint density at radius 3 is 2.33 bits per heavy atom. The molecular weight excluding hydrogens is 475 g/mol. The van der Waals surface area contributed by atoms with E-state index < -0.39 is 40.9 Å². The summed E-state index contributed by atoms with van der Waals surface area (Å²) in [7, 11) is -3.72. The van der Waals surface area contributed by atoms with E-state index in [0.717, 1.165) is 25.7 Å². The van der Waals surface area contributed by atoms with Gasteiger partial charge in [0.1, 0.15) is 11.6 Å². The van der Waals surface area contributed by atoms with Gasteiger partial charge >= 0.3 is 5.97 Å². The van der Waals surface area contributed by atoms with E-state index in [1.807, 2.05) is 0 Å². The highest BCUT2D eigenvalue weighted by Crippen LogP contribution is 2.28. The monoisotopic (exact) mass is 498 g/mol. The van der Waals surface area contributed by atoms with Gasteiger partial charge < -0.3 is 14.8 Å². The summed E-state index contributed by atoms with van der Waals surface area (Å²) in [5, 5.41) is 2.60. The predicted octanol–water partition coefficient (Wildman–Crippen LogP) is 3.60. The number of hydrogen-bond acceptors (Lipinski definition) is 6. The number of sulfonamides is 1. The van der Waals surface area contributed by atoms with Crippen molar-refractivity contribution in [1.29, 1.82) is 0 Å². The molecule has 1 N–H and O–H groups in total. The zero-order chi connectivity index (χ0) is 23.8. The van der Waals surface area contributed by atoms with Crippen LogP contribution in [0.2, 0.25) is 5.02 Å². The summed E-state index contributed by atoms with van der Waals surface area (Å²) in [6, 6.07) is 9.14. The van der Waals surface area contributed by atoms with Crippen LogP contribution in [0.5, 0.6) is 5.75 Å². The number of anilines is 1. The molecule has 1 amide bonds. The number of amides is 1. The molecule has 0 radical (unpaired) electrons.